The minimum Gasteiger partial charge on any atom is -0.756 e. The van der Waals surface area contributed by atoms with Crippen LogP contribution in [0.3, 0.4) is 0 Å². The third-order valence-electron chi connectivity index (χ3n) is 4.35. The highest BCUT2D eigenvalue weighted by atomic mass is 31.2. The maximum atomic E-state index is 15.1. The van der Waals surface area contributed by atoms with E-state index in [0.29, 0.717) is 0 Å². The van der Waals surface area contributed by atoms with Gasteiger partial charge in [-0.1, -0.05) is 0 Å². The van der Waals surface area contributed by atoms with Gasteiger partial charge >= 0.3 is 0 Å². The molecule has 2 saturated heterocycles. The minimum absolute atomic E-state index is 0.0285. The first-order valence-corrected chi connectivity index (χ1v) is 10.9. The van der Waals surface area contributed by atoms with Crippen molar-refractivity contribution in [1.82, 2.24) is 0 Å². The van der Waals surface area contributed by atoms with Crippen molar-refractivity contribution < 1.29 is 47.0 Å². The number of aliphatic hydroxyl groups is 1. The quantitative estimate of drug-likeness (QED) is 0.372. The number of aliphatic hydroxyl groups excluding tert-OH is 1. The van der Waals surface area contributed by atoms with Crippen LogP contribution in [-0.4, -0.2) is 88.5 Å². The molecule has 2 heterocycles. The Kier molecular flexibility index (Phi) is 8.75. The highest BCUT2D eigenvalue weighted by Crippen LogP contribution is 2.46. The predicted octanol–water partition coefficient (Wildman–Crippen LogP) is -0.0898. The van der Waals surface area contributed by atoms with Crippen LogP contribution in [0.2, 0.25) is 0 Å². The zero-order valence-corrected chi connectivity index (χ0v) is 17.8. The summed E-state index contributed by atoms with van der Waals surface area (Å²) in [5.41, 5.74) is 0. The Bertz CT molecular complexity index is 587. The van der Waals surface area contributed by atoms with Crippen LogP contribution in [0, 0.1) is 0 Å². The molecule has 8 atom stereocenters. The van der Waals surface area contributed by atoms with Crippen LogP contribution >= 0.6 is 7.82 Å². The van der Waals surface area contributed by atoms with Gasteiger partial charge in [0.2, 0.25) is 0 Å². The van der Waals surface area contributed by atoms with E-state index < -0.39 is 56.7 Å². The largest absolute Gasteiger partial charge is 0.756 e. The number of halogens is 1. The van der Waals surface area contributed by atoms with Gasteiger partial charge in [-0.15, -0.1) is 0 Å². The van der Waals surface area contributed by atoms with Crippen molar-refractivity contribution in [1.29, 1.82) is 0 Å². The fourth-order valence-electron chi connectivity index (χ4n) is 3.04. The third-order valence-corrected chi connectivity index (χ3v) is 5.29. The molecule has 4 radical (unpaired) electrons. The van der Waals surface area contributed by atoms with Crippen LogP contribution in [0.15, 0.2) is 0 Å². The number of phosphoric ester groups is 1. The second kappa shape index (κ2) is 10.1. The summed E-state index contributed by atoms with van der Waals surface area (Å²) in [6, 6.07) is -2.15. The van der Waals surface area contributed by atoms with E-state index >= 15 is 4.39 Å². The molecule has 0 amide bonds. The van der Waals surface area contributed by atoms with E-state index in [1.807, 2.05) is 0 Å². The second-order valence-electron chi connectivity index (χ2n) is 7.65. The van der Waals surface area contributed by atoms with Crippen LogP contribution in [-0.2, 0) is 32.6 Å². The molecule has 0 bridgehead atoms. The molecule has 164 valence electrons. The van der Waals surface area contributed by atoms with Gasteiger partial charge in [0.15, 0.2) is 0 Å². The maximum Gasteiger partial charge on any atom is 0.268 e. The average molecular weight is 435 g/mol. The summed E-state index contributed by atoms with van der Waals surface area (Å²) in [6.45, 7) is 5.83. The van der Waals surface area contributed by atoms with Crippen molar-refractivity contribution in [3.63, 3.8) is 0 Å². The van der Waals surface area contributed by atoms with Crippen LogP contribution in [0.5, 0.6) is 0 Å². The Balaban J connectivity index is 1.99. The number of alkyl halides is 1. The predicted molar refractivity (Wildman–Crippen MR) is 99.0 cm³/mol. The van der Waals surface area contributed by atoms with Crippen molar-refractivity contribution >= 4 is 23.5 Å². The van der Waals surface area contributed by atoms with Crippen molar-refractivity contribution in [3.05, 3.63) is 0 Å². The van der Waals surface area contributed by atoms with Gasteiger partial charge in [-0.3, -0.25) is 4.57 Å². The zero-order valence-electron chi connectivity index (χ0n) is 16.9. The summed E-state index contributed by atoms with van der Waals surface area (Å²) >= 11 is 0. The van der Waals surface area contributed by atoms with Gasteiger partial charge < -0.3 is 38.0 Å². The number of rotatable bonds is 10. The van der Waals surface area contributed by atoms with E-state index in [4.69, 9.17) is 39.2 Å². The van der Waals surface area contributed by atoms with Crippen LogP contribution in [0.1, 0.15) is 34.1 Å². The van der Waals surface area contributed by atoms with Gasteiger partial charge in [-0.05, 0) is 34.1 Å². The Morgan fingerprint density at radius 2 is 1.97 bits per heavy atom. The lowest BCUT2D eigenvalue weighted by molar-refractivity contribution is -0.252. The van der Waals surface area contributed by atoms with E-state index in [9.17, 15) is 14.6 Å². The topological polar surface area (TPSA) is 116 Å². The normalized spacial score (nSPS) is 40.0. The molecule has 1 N–H and O–H groups in total. The lowest BCUT2D eigenvalue weighted by Crippen LogP contribution is -2.43. The highest BCUT2D eigenvalue weighted by molar-refractivity contribution is 7.45. The van der Waals surface area contributed by atoms with Gasteiger partial charge in [0, 0.05) is 12.0 Å². The first kappa shape index (κ1) is 25.2. The van der Waals surface area contributed by atoms with E-state index in [2.05, 4.69) is 4.52 Å². The van der Waals surface area contributed by atoms with E-state index in [1.54, 1.807) is 27.7 Å². The molecule has 0 aromatic rings. The number of hydrogen-bond acceptors (Lipinski definition) is 9. The summed E-state index contributed by atoms with van der Waals surface area (Å²) in [6.07, 6.45) is -5.38. The molecule has 2 fully saturated rings. The molecular formula is C16H27B2FO9P-. The molecule has 4 unspecified atom stereocenters. The van der Waals surface area contributed by atoms with Gasteiger partial charge in [-0.2, -0.15) is 0 Å². The zero-order chi connectivity index (χ0) is 22.0. The molecule has 0 aromatic carbocycles. The van der Waals surface area contributed by atoms with Crippen molar-refractivity contribution in [2.24, 2.45) is 0 Å². The number of phosphoric acid groups is 1. The smallest absolute Gasteiger partial charge is 0.268 e. The summed E-state index contributed by atoms with van der Waals surface area (Å²) in [5.74, 6) is -2.57. The van der Waals surface area contributed by atoms with Crippen LogP contribution in [0.4, 0.5) is 4.39 Å². The van der Waals surface area contributed by atoms with Crippen molar-refractivity contribution in [3.8, 4) is 0 Å². The summed E-state index contributed by atoms with van der Waals surface area (Å²) in [4.78, 5) is 12.3. The van der Waals surface area contributed by atoms with Gasteiger partial charge in [0.25, 0.3) is 13.7 Å². The Labute approximate surface area is 172 Å². The number of hydrogen-bond donors (Lipinski definition) is 1. The first-order chi connectivity index (χ1) is 13.3. The van der Waals surface area contributed by atoms with Gasteiger partial charge in [-0.25, -0.2) is 4.39 Å². The molecule has 2 aliphatic heterocycles. The Morgan fingerprint density at radius 3 is 2.55 bits per heavy atom. The van der Waals surface area contributed by atoms with E-state index in [1.165, 1.54) is 0 Å². The lowest BCUT2D eigenvalue weighted by Gasteiger charge is -2.33. The second-order valence-corrected chi connectivity index (χ2v) is 9.02. The molecular weight excluding hydrogens is 408 g/mol. The average Bonchev–Trinajstić information content (AvgIpc) is 3.01. The summed E-state index contributed by atoms with van der Waals surface area (Å²) in [5, 5.41) is 10.1. The molecule has 2 aliphatic rings. The monoisotopic (exact) mass is 435 g/mol. The van der Waals surface area contributed by atoms with Gasteiger partial charge in [0.1, 0.15) is 46.7 Å². The summed E-state index contributed by atoms with van der Waals surface area (Å²) < 4.78 is 58.0. The molecule has 9 nitrogen and oxygen atoms in total. The van der Waals surface area contributed by atoms with E-state index in [0.717, 1.165) is 0 Å². The minimum atomic E-state index is -5.08. The molecule has 2 rings (SSSR count). The molecule has 0 aromatic heterocycles. The number of ether oxygens (including phenoxy) is 4. The van der Waals surface area contributed by atoms with Crippen LogP contribution in [0.25, 0.3) is 0 Å². The molecule has 0 aliphatic carbocycles. The molecule has 13 heteroatoms. The third kappa shape index (κ3) is 6.98. The molecule has 0 saturated carbocycles. The fourth-order valence-corrected chi connectivity index (χ4v) is 3.99. The Morgan fingerprint density at radius 1 is 1.31 bits per heavy atom. The molecule has 29 heavy (non-hydrogen) atoms. The van der Waals surface area contributed by atoms with Crippen molar-refractivity contribution in [2.75, 3.05) is 13.2 Å². The fraction of sp³-hybridized carbons (Fsp3) is 1.00. The van der Waals surface area contributed by atoms with E-state index in [-0.39, 0.29) is 25.2 Å². The SMILES string of the molecule is [B][C@@H]1O[C@H](COC(C)C)C(OP(=O)([O-])OC[C@@]2(F)O[C@@H]([B])CC2OC(C)C)C1O. The van der Waals surface area contributed by atoms with Crippen molar-refractivity contribution in [2.45, 2.75) is 88.6 Å². The highest BCUT2D eigenvalue weighted by Gasteiger charge is 2.51. The summed E-state index contributed by atoms with van der Waals surface area (Å²) in [7, 11) is 6.13. The maximum absolute atomic E-state index is 15.1. The standard InChI is InChI=1S/C16H28B2FO9P/c1-8(2)23-6-10-14(13(20)15(18)26-10)28-29(21,22)24-7-16(19)11(25-9(3)4)5-12(17)27-16/h8-15,20H,5-7H2,1-4H3,(H,21,22)/p-1/t10-,11?,12-,13?,14?,15-,16-/m1/s1. The molecule has 0 spiro atoms. The first-order valence-electron chi connectivity index (χ1n) is 9.45. The van der Waals surface area contributed by atoms with Gasteiger partial charge in [0.05, 0.1) is 18.8 Å². The Hall–Kier alpha value is -0.0301. The van der Waals surface area contributed by atoms with Crippen LogP contribution < -0.4 is 4.89 Å². The lowest BCUT2D eigenvalue weighted by atomic mass is 9.93.